The molecule has 3 heteroatoms. The molecule has 0 amide bonds. The van der Waals surface area contributed by atoms with Gasteiger partial charge in [-0.15, -0.1) is 0 Å². The van der Waals surface area contributed by atoms with E-state index < -0.39 is 0 Å². The Morgan fingerprint density at radius 1 is 1.30 bits per heavy atom. The van der Waals surface area contributed by atoms with Crippen molar-refractivity contribution < 1.29 is 0 Å². The molecule has 0 aliphatic carbocycles. The van der Waals surface area contributed by atoms with E-state index in [0.717, 1.165) is 36.5 Å². The fourth-order valence-electron chi connectivity index (χ4n) is 3.20. The van der Waals surface area contributed by atoms with Crippen molar-refractivity contribution in [2.75, 3.05) is 25.0 Å². The maximum absolute atomic E-state index is 6.21. The highest BCUT2D eigenvalue weighted by atomic mass is 35.5. The molecule has 1 aromatic rings. The van der Waals surface area contributed by atoms with Crippen LogP contribution in [0.2, 0.25) is 5.02 Å². The van der Waals surface area contributed by atoms with Crippen molar-refractivity contribution in [1.29, 1.82) is 0 Å². The second-order valence-electron chi connectivity index (χ2n) is 6.23. The maximum atomic E-state index is 6.21. The van der Waals surface area contributed by atoms with Crippen molar-refractivity contribution in [2.45, 2.75) is 39.7 Å². The lowest BCUT2D eigenvalue weighted by Crippen LogP contribution is -2.26. The smallest absolute Gasteiger partial charge is 0.0426 e. The van der Waals surface area contributed by atoms with E-state index in [0.29, 0.717) is 0 Å². The van der Waals surface area contributed by atoms with Crippen molar-refractivity contribution in [3.8, 4) is 0 Å². The molecular formula is C17H27ClN2. The summed E-state index contributed by atoms with van der Waals surface area (Å²) < 4.78 is 0. The van der Waals surface area contributed by atoms with Gasteiger partial charge in [0, 0.05) is 30.3 Å². The first-order valence-electron chi connectivity index (χ1n) is 7.79. The summed E-state index contributed by atoms with van der Waals surface area (Å²) in [6, 6.07) is 6.27. The summed E-state index contributed by atoms with van der Waals surface area (Å²) in [4.78, 5) is 2.53. The van der Waals surface area contributed by atoms with Gasteiger partial charge in [-0.3, -0.25) is 0 Å². The van der Waals surface area contributed by atoms with Gasteiger partial charge in [0.25, 0.3) is 0 Å². The van der Waals surface area contributed by atoms with Crippen LogP contribution in [0.15, 0.2) is 18.2 Å². The van der Waals surface area contributed by atoms with Gasteiger partial charge in [-0.1, -0.05) is 31.5 Å². The van der Waals surface area contributed by atoms with Crippen LogP contribution in [0.5, 0.6) is 0 Å². The molecule has 20 heavy (non-hydrogen) atoms. The first-order chi connectivity index (χ1) is 9.61. The van der Waals surface area contributed by atoms with Gasteiger partial charge in [0.2, 0.25) is 0 Å². The normalized spacial score (nSPS) is 20.2. The largest absolute Gasteiger partial charge is 0.371 e. The van der Waals surface area contributed by atoms with Crippen LogP contribution in [0.1, 0.15) is 38.7 Å². The van der Waals surface area contributed by atoms with Gasteiger partial charge in [-0.25, -0.2) is 0 Å². The van der Waals surface area contributed by atoms with Crippen LogP contribution in [0.4, 0.5) is 5.69 Å². The van der Waals surface area contributed by atoms with Crippen LogP contribution in [0, 0.1) is 11.8 Å². The number of nitrogens with one attached hydrogen (secondary N) is 1. The molecule has 1 heterocycles. The quantitative estimate of drug-likeness (QED) is 0.889. The zero-order chi connectivity index (χ0) is 14.5. The maximum Gasteiger partial charge on any atom is 0.0426 e. The molecule has 0 saturated carbocycles. The van der Waals surface area contributed by atoms with Crippen LogP contribution < -0.4 is 10.2 Å². The molecule has 1 fully saturated rings. The predicted molar refractivity (Wildman–Crippen MR) is 88.6 cm³/mol. The van der Waals surface area contributed by atoms with Crippen molar-refractivity contribution in [2.24, 2.45) is 11.8 Å². The molecule has 1 unspecified atom stereocenters. The van der Waals surface area contributed by atoms with Crippen LogP contribution in [-0.2, 0) is 6.54 Å². The first-order valence-corrected chi connectivity index (χ1v) is 8.17. The average molecular weight is 295 g/mol. The topological polar surface area (TPSA) is 15.3 Å². The molecule has 1 aromatic carbocycles. The zero-order valence-corrected chi connectivity index (χ0v) is 13.7. The Hall–Kier alpha value is -0.730. The Morgan fingerprint density at radius 2 is 2.10 bits per heavy atom. The molecule has 112 valence electrons. The third-order valence-corrected chi connectivity index (χ3v) is 4.71. The molecule has 2 rings (SSSR count). The van der Waals surface area contributed by atoms with Gasteiger partial charge in [-0.2, -0.15) is 0 Å². The lowest BCUT2D eigenvalue weighted by atomic mass is 9.89. The molecule has 0 spiro atoms. The van der Waals surface area contributed by atoms with Gasteiger partial charge in [-0.05, 0) is 55.8 Å². The minimum atomic E-state index is 0.797. The summed E-state index contributed by atoms with van der Waals surface area (Å²) in [6.45, 7) is 7.91. The molecule has 2 nitrogen and oxygen atoms in total. The molecule has 1 aliphatic rings. The standard InChI is InChI=1S/C17H27ClN2/c1-13(2)14-5-4-9-20(10-8-14)17-11-16(18)7-6-15(17)12-19-3/h6-7,11,13-14,19H,4-5,8-10,12H2,1-3H3. The predicted octanol–water partition coefficient (Wildman–Crippen LogP) is 4.32. The zero-order valence-electron chi connectivity index (χ0n) is 13.0. The molecule has 0 bridgehead atoms. The van der Waals surface area contributed by atoms with E-state index >= 15 is 0 Å². The molecular weight excluding hydrogens is 268 g/mol. The molecule has 1 aliphatic heterocycles. The Morgan fingerprint density at radius 3 is 2.80 bits per heavy atom. The third kappa shape index (κ3) is 3.89. The van der Waals surface area contributed by atoms with E-state index in [2.05, 4.69) is 36.2 Å². The summed E-state index contributed by atoms with van der Waals surface area (Å²) >= 11 is 6.21. The second kappa shape index (κ2) is 7.33. The minimum absolute atomic E-state index is 0.797. The number of hydrogen-bond donors (Lipinski definition) is 1. The number of anilines is 1. The van der Waals surface area contributed by atoms with Gasteiger partial charge < -0.3 is 10.2 Å². The van der Waals surface area contributed by atoms with E-state index in [1.807, 2.05) is 13.1 Å². The molecule has 0 radical (unpaired) electrons. The van der Waals surface area contributed by atoms with E-state index in [-0.39, 0.29) is 0 Å². The first kappa shape index (κ1) is 15.7. The number of halogens is 1. The summed E-state index contributed by atoms with van der Waals surface area (Å²) in [5.74, 6) is 1.66. The Balaban J connectivity index is 2.16. The second-order valence-corrected chi connectivity index (χ2v) is 6.66. The van der Waals surface area contributed by atoms with E-state index in [1.54, 1.807) is 0 Å². The van der Waals surface area contributed by atoms with Crippen LogP contribution in [0.3, 0.4) is 0 Å². The minimum Gasteiger partial charge on any atom is -0.371 e. The van der Waals surface area contributed by atoms with E-state index in [1.165, 1.54) is 30.5 Å². The molecule has 1 N–H and O–H groups in total. The van der Waals surface area contributed by atoms with Crippen LogP contribution in [-0.4, -0.2) is 20.1 Å². The van der Waals surface area contributed by atoms with E-state index in [4.69, 9.17) is 11.6 Å². The van der Waals surface area contributed by atoms with Gasteiger partial charge >= 0.3 is 0 Å². The average Bonchev–Trinajstić information content (AvgIpc) is 2.67. The van der Waals surface area contributed by atoms with Gasteiger partial charge in [0.15, 0.2) is 0 Å². The third-order valence-electron chi connectivity index (χ3n) is 4.47. The summed E-state index contributed by atoms with van der Waals surface area (Å²) in [5, 5.41) is 4.09. The Kier molecular flexibility index (Phi) is 5.74. The Labute approximate surface area is 128 Å². The van der Waals surface area contributed by atoms with Crippen molar-refractivity contribution in [1.82, 2.24) is 5.32 Å². The molecule has 1 atom stereocenters. The van der Waals surface area contributed by atoms with Crippen LogP contribution >= 0.6 is 11.6 Å². The number of rotatable bonds is 4. The summed E-state index contributed by atoms with van der Waals surface area (Å²) in [7, 11) is 2.00. The SMILES string of the molecule is CNCc1ccc(Cl)cc1N1CCCC(C(C)C)CC1. The monoisotopic (exact) mass is 294 g/mol. The molecule has 1 saturated heterocycles. The number of nitrogens with zero attached hydrogens (tertiary/aromatic N) is 1. The number of benzene rings is 1. The van der Waals surface area contributed by atoms with E-state index in [9.17, 15) is 0 Å². The van der Waals surface area contributed by atoms with Gasteiger partial charge in [0.1, 0.15) is 0 Å². The molecule has 0 aromatic heterocycles. The fourth-order valence-corrected chi connectivity index (χ4v) is 3.37. The lowest BCUT2D eigenvalue weighted by Gasteiger charge is -2.26. The van der Waals surface area contributed by atoms with Crippen molar-refractivity contribution in [3.05, 3.63) is 28.8 Å². The summed E-state index contributed by atoms with van der Waals surface area (Å²) in [6.07, 6.45) is 3.94. The highest BCUT2D eigenvalue weighted by Crippen LogP contribution is 2.30. The van der Waals surface area contributed by atoms with Crippen molar-refractivity contribution in [3.63, 3.8) is 0 Å². The van der Waals surface area contributed by atoms with Crippen molar-refractivity contribution >= 4 is 17.3 Å². The highest BCUT2D eigenvalue weighted by molar-refractivity contribution is 6.30. The highest BCUT2D eigenvalue weighted by Gasteiger charge is 2.21. The van der Waals surface area contributed by atoms with Crippen LogP contribution in [0.25, 0.3) is 0 Å². The number of hydrogen-bond acceptors (Lipinski definition) is 2. The van der Waals surface area contributed by atoms with Gasteiger partial charge in [0.05, 0.1) is 0 Å². The fraction of sp³-hybridized carbons (Fsp3) is 0.647. The Bertz CT molecular complexity index is 431. The summed E-state index contributed by atoms with van der Waals surface area (Å²) in [5.41, 5.74) is 2.66. The lowest BCUT2D eigenvalue weighted by molar-refractivity contribution is 0.351.